The first-order chi connectivity index (χ1) is 13.5. The molecule has 148 valence electrons. The average Bonchev–Trinajstić information content (AvgIpc) is 3.07. The lowest BCUT2D eigenvalue weighted by molar-refractivity contribution is 0.434. The number of hydrogen-bond acceptors (Lipinski definition) is 4. The first kappa shape index (κ1) is 18.5. The Labute approximate surface area is 163 Å². The lowest BCUT2D eigenvalue weighted by Crippen LogP contribution is -2.41. The molecule has 1 aliphatic heterocycles. The van der Waals surface area contributed by atoms with E-state index in [-0.39, 0.29) is 11.2 Å². The van der Waals surface area contributed by atoms with Crippen LogP contribution < -0.4 is 16.1 Å². The third kappa shape index (κ3) is 3.04. The monoisotopic (exact) mass is 381 g/mol. The third-order valence-electron chi connectivity index (χ3n) is 5.47. The van der Waals surface area contributed by atoms with Gasteiger partial charge in [0.25, 0.3) is 5.56 Å². The molecule has 0 spiro atoms. The van der Waals surface area contributed by atoms with E-state index in [0.717, 1.165) is 38.4 Å². The Bertz CT molecular complexity index is 1110. The number of unbranched alkanes of at least 4 members (excludes halogenated alkanes) is 1. The molecule has 3 aromatic rings. The lowest BCUT2D eigenvalue weighted by Gasteiger charge is -2.33. The Kier molecular flexibility index (Phi) is 4.83. The average molecular weight is 381 g/mol. The van der Waals surface area contributed by atoms with Crippen molar-refractivity contribution >= 4 is 17.1 Å². The Morgan fingerprint density at radius 2 is 1.89 bits per heavy atom. The molecule has 0 aliphatic carbocycles. The zero-order chi connectivity index (χ0) is 19.8. The fraction of sp³-hybridized carbons (Fsp3) is 0.476. The Balaban J connectivity index is 1.88. The van der Waals surface area contributed by atoms with Gasteiger partial charge in [0.15, 0.2) is 11.2 Å². The minimum absolute atomic E-state index is 0.223. The highest BCUT2D eigenvalue weighted by atomic mass is 16.2. The zero-order valence-corrected chi connectivity index (χ0v) is 16.8. The van der Waals surface area contributed by atoms with Gasteiger partial charge in [-0.25, -0.2) is 4.79 Å². The second-order valence-corrected chi connectivity index (χ2v) is 7.82. The van der Waals surface area contributed by atoms with Gasteiger partial charge in [0.2, 0.25) is 5.95 Å². The zero-order valence-electron chi connectivity index (χ0n) is 16.8. The van der Waals surface area contributed by atoms with Crippen LogP contribution in [0.5, 0.6) is 0 Å². The van der Waals surface area contributed by atoms with Crippen LogP contribution in [0.25, 0.3) is 11.2 Å². The first-order valence-electron chi connectivity index (χ1n) is 10.00. The summed E-state index contributed by atoms with van der Waals surface area (Å²) in [4.78, 5) is 32.9. The highest BCUT2D eigenvalue weighted by molar-refractivity contribution is 5.75. The molecule has 0 radical (unpaired) electrons. The summed E-state index contributed by atoms with van der Waals surface area (Å²) in [6.45, 7) is 7.02. The molecule has 0 saturated heterocycles. The summed E-state index contributed by atoms with van der Waals surface area (Å²) < 4.78 is 4.89. The molecule has 0 fully saturated rings. The first-order valence-corrected chi connectivity index (χ1v) is 10.00. The van der Waals surface area contributed by atoms with Crippen molar-refractivity contribution in [3.8, 4) is 0 Å². The molecule has 0 N–H and O–H groups in total. The van der Waals surface area contributed by atoms with Gasteiger partial charge in [-0.15, -0.1) is 0 Å². The summed E-state index contributed by atoms with van der Waals surface area (Å²) in [6, 6.07) is 10.3. The van der Waals surface area contributed by atoms with E-state index in [0.29, 0.717) is 23.6 Å². The molecule has 0 amide bonds. The summed E-state index contributed by atoms with van der Waals surface area (Å²) in [6.07, 6.45) is 1.73. The van der Waals surface area contributed by atoms with Gasteiger partial charge in [-0.2, -0.15) is 4.98 Å². The molecule has 0 saturated carbocycles. The number of nitrogens with zero attached hydrogens (tertiary/aromatic N) is 5. The molecule has 1 unspecified atom stereocenters. The van der Waals surface area contributed by atoms with Gasteiger partial charge in [-0.3, -0.25) is 13.9 Å². The summed E-state index contributed by atoms with van der Waals surface area (Å²) in [5.41, 5.74) is 1.70. The Hall–Kier alpha value is -2.83. The van der Waals surface area contributed by atoms with E-state index < -0.39 is 0 Å². The smallest absolute Gasteiger partial charge is 0.332 e. The number of aromatic nitrogens is 4. The van der Waals surface area contributed by atoms with E-state index in [4.69, 9.17) is 4.98 Å². The van der Waals surface area contributed by atoms with Crippen LogP contribution in [0.1, 0.15) is 32.3 Å². The van der Waals surface area contributed by atoms with Crippen molar-refractivity contribution < 1.29 is 0 Å². The molecule has 1 atom stereocenters. The predicted molar refractivity (Wildman–Crippen MR) is 111 cm³/mol. The van der Waals surface area contributed by atoms with Gasteiger partial charge < -0.3 is 9.47 Å². The van der Waals surface area contributed by atoms with E-state index >= 15 is 0 Å². The number of anilines is 1. The standard InChI is InChI=1S/C21H27N5O2/c1-4-5-11-25-19(27)17-18(23(3)21(25)28)22-20-24(12-15(2)13-26(17)20)14-16-9-7-6-8-10-16/h6-10,15H,4-5,11-14H2,1-3H3. The second-order valence-electron chi connectivity index (χ2n) is 7.82. The topological polar surface area (TPSA) is 65.1 Å². The number of rotatable bonds is 5. The van der Waals surface area contributed by atoms with Gasteiger partial charge in [0.05, 0.1) is 0 Å². The quantitative estimate of drug-likeness (QED) is 0.681. The minimum atomic E-state index is -0.288. The van der Waals surface area contributed by atoms with Crippen molar-refractivity contribution in [2.75, 3.05) is 11.4 Å². The highest BCUT2D eigenvalue weighted by Gasteiger charge is 2.28. The third-order valence-corrected chi connectivity index (χ3v) is 5.47. The molecular weight excluding hydrogens is 354 g/mol. The van der Waals surface area contributed by atoms with E-state index in [9.17, 15) is 9.59 Å². The van der Waals surface area contributed by atoms with Gasteiger partial charge >= 0.3 is 5.69 Å². The molecule has 2 aromatic heterocycles. The molecule has 28 heavy (non-hydrogen) atoms. The van der Waals surface area contributed by atoms with Crippen LogP contribution in [0.15, 0.2) is 39.9 Å². The normalized spacial score (nSPS) is 16.5. The van der Waals surface area contributed by atoms with Crippen LogP contribution in [-0.4, -0.2) is 25.2 Å². The van der Waals surface area contributed by atoms with E-state index in [1.54, 1.807) is 7.05 Å². The van der Waals surface area contributed by atoms with Crippen molar-refractivity contribution in [1.29, 1.82) is 0 Å². The van der Waals surface area contributed by atoms with Crippen molar-refractivity contribution in [2.24, 2.45) is 13.0 Å². The Morgan fingerprint density at radius 1 is 1.14 bits per heavy atom. The molecular formula is C21H27N5O2. The number of benzene rings is 1. The van der Waals surface area contributed by atoms with Crippen LogP contribution in [0.3, 0.4) is 0 Å². The SMILES string of the molecule is CCCCn1c(=O)c2c(nc3n2CC(C)CN3Cc2ccccc2)n(C)c1=O. The Morgan fingerprint density at radius 3 is 2.61 bits per heavy atom. The maximum Gasteiger partial charge on any atom is 0.332 e. The maximum absolute atomic E-state index is 13.2. The van der Waals surface area contributed by atoms with E-state index in [1.165, 1.54) is 14.7 Å². The molecule has 1 aromatic carbocycles. The molecule has 7 nitrogen and oxygen atoms in total. The molecule has 1 aliphatic rings. The van der Waals surface area contributed by atoms with Gasteiger partial charge in [0.1, 0.15) is 0 Å². The summed E-state index contributed by atoms with van der Waals surface area (Å²) in [5.74, 6) is 1.16. The van der Waals surface area contributed by atoms with Gasteiger partial charge in [-0.1, -0.05) is 50.6 Å². The molecule has 7 heteroatoms. The highest BCUT2D eigenvalue weighted by Crippen LogP contribution is 2.28. The maximum atomic E-state index is 13.2. The predicted octanol–water partition coefficient (Wildman–Crippen LogP) is 2.35. The van der Waals surface area contributed by atoms with Crippen molar-refractivity contribution in [3.63, 3.8) is 0 Å². The van der Waals surface area contributed by atoms with Crippen LogP contribution in [0.2, 0.25) is 0 Å². The second kappa shape index (κ2) is 7.30. The minimum Gasteiger partial charge on any atom is -0.338 e. The number of aryl methyl sites for hydroxylation is 1. The molecule has 0 bridgehead atoms. The number of imidazole rings is 1. The number of hydrogen-bond donors (Lipinski definition) is 0. The van der Waals surface area contributed by atoms with E-state index in [2.05, 4.69) is 30.9 Å². The fourth-order valence-corrected chi connectivity index (χ4v) is 4.05. The van der Waals surface area contributed by atoms with Crippen molar-refractivity contribution in [3.05, 3.63) is 56.7 Å². The van der Waals surface area contributed by atoms with Crippen molar-refractivity contribution in [1.82, 2.24) is 18.7 Å². The van der Waals surface area contributed by atoms with Gasteiger partial charge in [-0.05, 0) is 17.9 Å². The van der Waals surface area contributed by atoms with Gasteiger partial charge in [0, 0.05) is 33.2 Å². The van der Waals surface area contributed by atoms with E-state index in [1.807, 2.05) is 22.8 Å². The fourth-order valence-electron chi connectivity index (χ4n) is 4.05. The van der Waals surface area contributed by atoms with Crippen LogP contribution >= 0.6 is 0 Å². The number of fused-ring (bicyclic) bond motifs is 3. The van der Waals surface area contributed by atoms with Crippen LogP contribution in [0.4, 0.5) is 5.95 Å². The van der Waals surface area contributed by atoms with Crippen LogP contribution in [-0.2, 0) is 26.7 Å². The summed E-state index contributed by atoms with van der Waals surface area (Å²) in [7, 11) is 1.70. The largest absolute Gasteiger partial charge is 0.338 e. The van der Waals surface area contributed by atoms with Crippen LogP contribution in [0, 0.1) is 5.92 Å². The summed E-state index contributed by atoms with van der Waals surface area (Å²) in [5, 5.41) is 0. The lowest BCUT2D eigenvalue weighted by atomic mass is 10.1. The van der Waals surface area contributed by atoms with Crippen molar-refractivity contribution in [2.45, 2.75) is 46.3 Å². The summed E-state index contributed by atoms with van der Waals surface area (Å²) >= 11 is 0. The molecule has 4 rings (SSSR count). The molecule has 3 heterocycles.